The maximum absolute atomic E-state index is 10.3. The Hall–Kier alpha value is -0.610. The molecule has 0 radical (unpaired) electrons. The van der Waals surface area contributed by atoms with E-state index in [1.54, 1.807) is 0 Å². The molecule has 0 aliphatic carbocycles. The first-order chi connectivity index (χ1) is 7.22. The molecule has 0 aromatic heterocycles. The lowest BCUT2D eigenvalue weighted by Gasteiger charge is -2.30. The van der Waals surface area contributed by atoms with E-state index in [-0.39, 0.29) is 0 Å². The van der Waals surface area contributed by atoms with E-state index in [9.17, 15) is 4.79 Å². The minimum absolute atomic E-state index is 0.324. The Morgan fingerprint density at radius 1 is 1.40 bits per heavy atom. The van der Waals surface area contributed by atoms with Crippen molar-refractivity contribution in [3.63, 3.8) is 0 Å². The minimum Gasteiger partial charge on any atom is -0.481 e. The highest BCUT2D eigenvalue weighted by Gasteiger charge is 2.18. The predicted molar refractivity (Wildman–Crippen MR) is 61.6 cm³/mol. The SMILES string of the molecule is CC.CNN1CCC(CCC(=O)O)CC1. The summed E-state index contributed by atoms with van der Waals surface area (Å²) in [4.78, 5) is 10.3. The average Bonchev–Trinajstić information content (AvgIpc) is 2.30. The minimum atomic E-state index is -0.670. The molecule has 4 nitrogen and oxygen atoms in total. The monoisotopic (exact) mass is 216 g/mol. The number of piperidine rings is 1. The Labute approximate surface area is 92.6 Å². The molecular weight excluding hydrogens is 192 g/mol. The fourth-order valence-corrected chi connectivity index (χ4v) is 1.77. The summed E-state index contributed by atoms with van der Waals surface area (Å²) in [5, 5.41) is 10.7. The van der Waals surface area contributed by atoms with Gasteiger partial charge in [0.05, 0.1) is 0 Å². The van der Waals surface area contributed by atoms with Crippen molar-refractivity contribution in [1.82, 2.24) is 10.4 Å². The molecule has 0 atom stereocenters. The second-order valence-electron chi connectivity index (χ2n) is 3.59. The molecule has 1 saturated heterocycles. The number of aliphatic carboxylic acids is 1. The number of nitrogens with one attached hydrogen (secondary N) is 1. The number of rotatable bonds is 4. The van der Waals surface area contributed by atoms with Gasteiger partial charge in [0, 0.05) is 19.5 Å². The van der Waals surface area contributed by atoms with Crippen molar-refractivity contribution in [2.24, 2.45) is 5.92 Å². The molecule has 0 amide bonds. The summed E-state index contributed by atoms with van der Waals surface area (Å²) in [7, 11) is 1.93. The van der Waals surface area contributed by atoms with E-state index in [1.807, 2.05) is 20.9 Å². The van der Waals surface area contributed by atoms with Crippen molar-refractivity contribution in [1.29, 1.82) is 0 Å². The van der Waals surface area contributed by atoms with E-state index >= 15 is 0 Å². The van der Waals surface area contributed by atoms with Crippen LogP contribution in [-0.4, -0.2) is 36.2 Å². The lowest BCUT2D eigenvalue weighted by atomic mass is 9.93. The summed E-state index contributed by atoms with van der Waals surface area (Å²) in [6, 6.07) is 0. The van der Waals surface area contributed by atoms with Gasteiger partial charge in [-0.1, -0.05) is 13.8 Å². The molecule has 0 bridgehead atoms. The van der Waals surface area contributed by atoms with Crippen molar-refractivity contribution < 1.29 is 9.90 Å². The van der Waals surface area contributed by atoms with E-state index in [4.69, 9.17) is 5.11 Å². The van der Waals surface area contributed by atoms with Crippen LogP contribution in [0.1, 0.15) is 39.5 Å². The maximum atomic E-state index is 10.3. The first kappa shape index (κ1) is 14.4. The van der Waals surface area contributed by atoms with Crippen LogP contribution in [0.25, 0.3) is 0 Å². The van der Waals surface area contributed by atoms with Gasteiger partial charge in [0.2, 0.25) is 0 Å². The van der Waals surface area contributed by atoms with Crippen molar-refractivity contribution in [3.05, 3.63) is 0 Å². The highest BCUT2D eigenvalue weighted by atomic mass is 16.4. The largest absolute Gasteiger partial charge is 0.481 e. The van der Waals surface area contributed by atoms with E-state index in [0.717, 1.165) is 32.4 Å². The van der Waals surface area contributed by atoms with Crippen molar-refractivity contribution in [2.45, 2.75) is 39.5 Å². The molecule has 1 heterocycles. The van der Waals surface area contributed by atoms with E-state index < -0.39 is 5.97 Å². The number of hydrogen-bond acceptors (Lipinski definition) is 3. The molecule has 1 rings (SSSR count). The smallest absolute Gasteiger partial charge is 0.303 e. The van der Waals surface area contributed by atoms with Crippen molar-refractivity contribution in [3.8, 4) is 0 Å². The molecule has 4 heteroatoms. The van der Waals surface area contributed by atoms with Gasteiger partial charge in [0.25, 0.3) is 0 Å². The topological polar surface area (TPSA) is 52.6 Å². The van der Waals surface area contributed by atoms with Crippen LogP contribution in [0.3, 0.4) is 0 Å². The summed E-state index contributed by atoms with van der Waals surface area (Å²) < 4.78 is 0. The van der Waals surface area contributed by atoms with Gasteiger partial charge in [-0.3, -0.25) is 10.2 Å². The zero-order valence-electron chi connectivity index (χ0n) is 10.1. The summed E-state index contributed by atoms with van der Waals surface area (Å²) >= 11 is 0. The van der Waals surface area contributed by atoms with Crippen LogP contribution < -0.4 is 5.43 Å². The fourth-order valence-electron chi connectivity index (χ4n) is 1.77. The molecule has 0 unspecified atom stereocenters. The van der Waals surface area contributed by atoms with Crippen molar-refractivity contribution >= 4 is 5.97 Å². The Morgan fingerprint density at radius 2 is 1.93 bits per heavy atom. The Balaban J connectivity index is 0.000000921. The second kappa shape index (κ2) is 8.68. The lowest BCUT2D eigenvalue weighted by Crippen LogP contribution is -2.41. The molecule has 15 heavy (non-hydrogen) atoms. The van der Waals surface area contributed by atoms with E-state index in [0.29, 0.717) is 12.3 Å². The van der Waals surface area contributed by atoms with Gasteiger partial charge in [-0.2, -0.15) is 0 Å². The molecule has 0 saturated carbocycles. The number of carboxylic acids is 1. The second-order valence-corrected chi connectivity index (χ2v) is 3.59. The molecule has 0 aromatic carbocycles. The van der Waals surface area contributed by atoms with Gasteiger partial charge < -0.3 is 5.11 Å². The summed E-state index contributed by atoms with van der Waals surface area (Å²) in [5.74, 6) is -0.0586. The lowest BCUT2D eigenvalue weighted by molar-refractivity contribution is -0.137. The van der Waals surface area contributed by atoms with Gasteiger partial charge in [-0.15, -0.1) is 0 Å². The number of carboxylic acid groups (broad SMARTS) is 1. The highest BCUT2D eigenvalue weighted by Crippen LogP contribution is 2.20. The summed E-state index contributed by atoms with van der Waals surface area (Å²) in [6.07, 6.45) is 3.40. The van der Waals surface area contributed by atoms with Gasteiger partial charge in [-0.05, 0) is 32.2 Å². The summed E-state index contributed by atoms with van der Waals surface area (Å²) in [6.45, 7) is 6.08. The van der Waals surface area contributed by atoms with Crippen LogP contribution in [0.2, 0.25) is 0 Å². The number of hydrogen-bond donors (Lipinski definition) is 2. The van der Waals surface area contributed by atoms with E-state index in [1.165, 1.54) is 0 Å². The predicted octanol–water partition coefficient (Wildman–Crippen LogP) is 1.72. The Morgan fingerprint density at radius 3 is 2.33 bits per heavy atom. The molecule has 1 aliphatic rings. The van der Waals surface area contributed by atoms with Crippen molar-refractivity contribution in [2.75, 3.05) is 20.1 Å². The molecule has 90 valence electrons. The third-order valence-corrected chi connectivity index (χ3v) is 2.70. The molecule has 0 spiro atoms. The third-order valence-electron chi connectivity index (χ3n) is 2.70. The summed E-state index contributed by atoms with van der Waals surface area (Å²) in [5.41, 5.74) is 3.11. The van der Waals surface area contributed by atoms with Gasteiger partial charge in [-0.25, -0.2) is 5.01 Å². The zero-order chi connectivity index (χ0) is 11.7. The van der Waals surface area contributed by atoms with Crippen LogP contribution in [0.5, 0.6) is 0 Å². The number of hydrazine groups is 1. The first-order valence-electron chi connectivity index (χ1n) is 5.86. The Kier molecular flexibility index (Phi) is 8.33. The highest BCUT2D eigenvalue weighted by molar-refractivity contribution is 5.66. The van der Waals surface area contributed by atoms with Crippen LogP contribution in [0.4, 0.5) is 0 Å². The van der Waals surface area contributed by atoms with Crippen LogP contribution >= 0.6 is 0 Å². The molecule has 1 fully saturated rings. The standard InChI is InChI=1S/C9H18N2O2.C2H6/c1-10-11-6-4-8(5-7-11)2-3-9(12)13;1-2/h8,10H,2-7H2,1H3,(H,12,13);1-2H3. The molecule has 1 aliphatic heterocycles. The maximum Gasteiger partial charge on any atom is 0.303 e. The number of carbonyl (C=O) groups is 1. The molecule has 2 N–H and O–H groups in total. The quantitative estimate of drug-likeness (QED) is 0.751. The third kappa shape index (κ3) is 6.47. The van der Waals surface area contributed by atoms with Crippen LogP contribution in [0, 0.1) is 5.92 Å². The Bertz CT molecular complexity index is 166. The van der Waals surface area contributed by atoms with E-state index in [2.05, 4.69) is 10.4 Å². The van der Waals surface area contributed by atoms with Gasteiger partial charge in [0.1, 0.15) is 0 Å². The average molecular weight is 216 g/mol. The fraction of sp³-hybridized carbons (Fsp3) is 0.909. The number of nitrogens with zero attached hydrogens (tertiary/aromatic N) is 1. The van der Waals surface area contributed by atoms with Gasteiger partial charge in [0.15, 0.2) is 0 Å². The van der Waals surface area contributed by atoms with Gasteiger partial charge >= 0.3 is 5.97 Å². The normalized spacial score (nSPS) is 18.1. The first-order valence-corrected chi connectivity index (χ1v) is 5.86. The molecular formula is C11H24N2O2. The van der Waals surface area contributed by atoms with Crippen LogP contribution in [0.15, 0.2) is 0 Å². The molecule has 0 aromatic rings. The zero-order valence-corrected chi connectivity index (χ0v) is 10.1. The van der Waals surface area contributed by atoms with Crippen LogP contribution in [-0.2, 0) is 4.79 Å².